The standard InChI is InChI=1S/C14H15BrN2O3/c1-2-17(11-8-12(18)16-14(11)20)13(19)7-9-4-3-5-10(15)6-9/h3-6,11H,2,7-8H2,1H3,(H,16,18,20)/t11-/m0/s1. The van der Waals surface area contributed by atoms with Crippen LogP contribution in [0.2, 0.25) is 0 Å². The largest absolute Gasteiger partial charge is 0.330 e. The maximum absolute atomic E-state index is 12.3. The van der Waals surface area contributed by atoms with E-state index >= 15 is 0 Å². The van der Waals surface area contributed by atoms with Crippen LogP contribution in [0.3, 0.4) is 0 Å². The van der Waals surface area contributed by atoms with Crippen molar-refractivity contribution in [3.63, 3.8) is 0 Å². The predicted octanol–water partition coefficient (Wildman–Crippen LogP) is 1.26. The highest BCUT2D eigenvalue weighted by Crippen LogP contribution is 2.16. The van der Waals surface area contributed by atoms with Crippen molar-refractivity contribution in [2.45, 2.75) is 25.8 Å². The lowest BCUT2D eigenvalue weighted by Crippen LogP contribution is -2.45. The Labute approximate surface area is 125 Å². The smallest absolute Gasteiger partial charge is 0.249 e. The van der Waals surface area contributed by atoms with Gasteiger partial charge in [-0.1, -0.05) is 28.1 Å². The maximum atomic E-state index is 12.3. The molecular weight excluding hydrogens is 324 g/mol. The fraction of sp³-hybridized carbons (Fsp3) is 0.357. The molecule has 1 aliphatic heterocycles. The summed E-state index contributed by atoms with van der Waals surface area (Å²) in [6, 6.07) is 6.79. The van der Waals surface area contributed by atoms with E-state index in [2.05, 4.69) is 21.2 Å². The van der Waals surface area contributed by atoms with Crippen molar-refractivity contribution in [2.75, 3.05) is 6.54 Å². The van der Waals surface area contributed by atoms with E-state index in [0.29, 0.717) is 6.54 Å². The number of hydrogen-bond donors (Lipinski definition) is 1. The van der Waals surface area contributed by atoms with Crippen LogP contribution in [0.15, 0.2) is 28.7 Å². The van der Waals surface area contributed by atoms with Crippen molar-refractivity contribution < 1.29 is 14.4 Å². The van der Waals surface area contributed by atoms with E-state index in [1.807, 2.05) is 24.3 Å². The minimum Gasteiger partial charge on any atom is -0.330 e. The molecule has 6 heteroatoms. The Balaban J connectivity index is 2.10. The Morgan fingerprint density at radius 2 is 2.20 bits per heavy atom. The van der Waals surface area contributed by atoms with Crippen LogP contribution in [-0.4, -0.2) is 35.2 Å². The molecule has 1 fully saturated rings. The number of amides is 3. The van der Waals surface area contributed by atoms with Crippen LogP contribution in [0.1, 0.15) is 18.9 Å². The molecule has 106 valence electrons. The molecule has 0 spiro atoms. The monoisotopic (exact) mass is 338 g/mol. The quantitative estimate of drug-likeness (QED) is 0.840. The van der Waals surface area contributed by atoms with Crippen LogP contribution in [0.4, 0.5) is 0 Å². The fourth-order valence-electron chi connectivity index (χ4n) is 2.29. The predicted molar refractivity (Wildman–Crippen MR) is 76.8 cm³/mol. The van der Waals surface area contributed by atoms with Gasteiger partial charge in [0.2, 0.25) is 17.7 Å². The lowest BCUT2D eigenvalue weighted by molar-refractivity contribution is -0.138. The molecule has 0 aromatic heterocycles. The molecular formula is C14H15BrN2O3. The average Bonchev–Trinajstić information content (AvgIpc) is 2.69. The Morgan fingerprint density at radius 3 is 2.75 bits per heavy atom. The van der Waals surface area contributed by atoms with Gasteiger partial charge in [0.05, 0.1) is 12.8 Å². The van der Waals surface area contributed by atoms with Crippen LogP contribution in [0.25, 0.3) is 0 Å². The summed E-state index contributed by atoms with van der Waals surface area (Å²) in [5, 5.41) is 2.23. The summed E-state index contributed by atoms with van der Waals surface area (Å²) in [5.41, 5.74) is 0.868. The molecule has 0 aliphatic carbocycles. The van der Waals surface area contributed by atoms with Gasteiger partial charge in [0, 0.05) is 11.0 Å². The highest BCUT2D eigenvalue weighted by atomic mass is 79.9. The molecule has 1 atom stereocenters. The second kappa shape index (κ2) is 6.17. The molecule has 0 radical (unpaired) electrons. The van der Waals surface area contributed by atoms with Crippen molar-refractivity contribution in [1.82, 2.24) is 10.2 Å². The molecule has 1 heterocycles. The molecule has 2 rings (SSSR count). The Morgan fingerprint density at radius 1 is 1.45 bits per heavy atom. The van der Waals surface area contributed by atoms with Crippen LogP contribution >= 0.6 is 15.9 Å². The number of imide groups is 1. The van der Waals surface area contributed by atoms with Crippen molar-refractivity contribution in [2.24, 2.45) is 0 Å². The zero-order valence-electron chi connectivity index (χ0n) is 11.1. The lowest BCUT2D eigenvalue weighted by atomic mass is 10.1. The van der Waals surface area contributed by atoms with Crippen molar-refractivity contribution in [1.29, 1.82) is 0 Å². The third-order valence-electron chi connectivity index (χ3n) is 3.23. The van der Waals surface area contributed by atoms with Crippen molar-refractivity contribution >= 4 is 33.7 Å². The Bertz CT molecular complexity index is 559. The van der Waals surface area contributed by atoms with Gasteiger partial charge in [0.1, 0.15) is 6.04 Å². The maximum Gasteiger partial charge on any atom is 0.249 e. The van der Waals surface area contributed by atoms with Gasteiger partial charge in [-0.05, 0) is 24.6 Å². The molecule has 3 amide bonds. The number of nitrogens with one attached hydrogen (secondary N) is 1. The molecule has 0 saturated carbocycles. The number of hydrogen-bond acceptors (Lipinski definition) is 3. The van der Waals surface area contributed by atoms with Crippen LogP contribution in [0.5, 0.6) is 0 Å². The fourth-order valence-corrected chi connectivity index (χ4v) is 2.73. The van der Waals surface area contributed by atoms with Gasteiger partial charge < -0.3 is 4.90 Å². The summed E-state index contributed by atoms with van der Waals surface area (Å²) < 4.78 is 0.902. The summed E-state index contributed by atoms with van der Waals surface area (Å²) in [4.78, 5) is 36.7. The topological polar surface area (TPSA) is 66.5 Å². The first-order chi connectivity index (χ1) is 9.51. The number of carbonyl (C=O) groups excluding carboxylic acids is 3. The average molecular weight is 339 g/mol. The SMILES string of the molecule is CCN(C(=O)Cc1cccc(Br)c1)[C@H]1CC(=O)NC1=O. The van der Waals surface area contributed by atoms with E-state index in [-0.39, 0.29) is 30.6 Å². The summed E-state index contributed by atoms with van der Waals surface area (Å²) in [6.45, 7) is 2.20. The molecule has 1 aromatic carbocycles. The summed E-state index contributed by atoms with van der Waals surface area (Å²) in [5.74, 6) is -0.867. The minimum absolute atomic E-state index is 0.0525. The number of carbonyl (C=O) groups is 3. The van der Waals surface area contributed by atoms with Crippen LogP contribution < -0.4 is 5.32 Å². The molecule has 1 aliphatic rings. The van der Waals surface area contributed by atoms with Gasteiger partial charge in [-0.15, -0.1) is 0 Å². The number of likely N-dealkylation sites (N-methyl/N-ethyl adjacent to an activating group) is 1. The number of nitrogens with zero attached hydrogens (tertiary/aromatic N) is 1. The van der Waals surface area contributed by atoms with Gasteiger partial charge in [-0.3, -0.25) is 19.7 Å². The van der Waals surface area contributed by atoms with Gasteiger partial charge in [0.25, 0.3) is 0 Å². The van der Waals surface area contributed by atoms with E-state index in [1.165, 1.54) is 4.90 Å². The molecule has 0 unspecified atom stereocenters. The van der Waals surface area contributed by atoms with E-state index in [1.54, 1.807) is 6.92 Å². The second-order valence-corrected chi connectivity index (χ2v) is 5.53. The molecule has 0 bridgehead atoms. The van der Waals surface area contributed by atoms with Gasteiger partial charge in [-0.25, -0.2) is 0 Å². The molecule has 1 aromatic rings. The van der Waals surface area contributed by atoms with Gasteiger partial charge in [0.15, 0.2) is 0 Å². The highest BCUT2D eigenvalue weighted by Gasteiger charge is 2.36. The first-order valence-electron chi connectivity index (χ1n) is 6.39. The van der Waals surface area contributed by atoms with E-state index in [4.69, 9.17) is 0 Å². The molecule has 1 N–H and O–H groups in total. The Kier molecular flexibility index (Phi) is 4.54. The third-order valence-corrected chi connectivity index (χ3v) is 3.72. The first-order valence-corrected chi connectivity index (χ1v) is 7.18. The normalized spacial score (nSPS) is 18.0. The number of halogens is 1. The third kappa shape index (κ3) is 3.25. The molecule has 5 nitrogen and oxygen atoms in total. The van der Waals surface area contributed by atoms with E-state index in [0.717, 1.165) is 10.0 Å². The summed E-state index contributed by atoms with van der Waals surface area (Å²) in [7, 11) is 0. The first kappa shape index (κ1) is 14.7. The lowest BCUT2D eigenvalue weighted by Gasteiger charge is -2.25. The van der Waals surface area contributed by atoms with E-state index < -0.39 is 6.04 Å². The summed E-state index contributed by atoms with van der Waals surface area (Å²) >= 11 is 3.36. The number of rotatable bonds is 4. The van der Waals surface area contributed by atoms with Crippen molar-refractivity contribution in [3.05, 3.63) is 34.3 Å². The van der Waals surface area contributed by atoms with Gasteiger partial charge in [-0.2, -0.15) is 0 Å². The zero-order valence-corrected chi connectivity index (χ0v) is 12.6. The second-order valence-electron chi connectivity index (χ2n) is 4.62. The highest BCUT2D eigenvalue weighted by molar-refractivity contribution is 9.10. The minimum atomic E-state index is -0.674. The molecule has 20 heavy (non-hydrogen) atoms. The Hall–Kier alpha value is -1.69. The van der Waals surface area contributed by atoms with Crippen LogP contribution in [-0.2, 0) is 20.8 Å². The van der Waals surface area contributed by atoms with Crippen molar-refractivity contribution in [3.8, 4) is 0 Å². The summed E-state index contributed by atoms with van der Waals surface area (Å²) in [6.07, 6.45) is 0.266. The van der Waals surface area contributed by atoms with Gasteiger partial charge >= 0.3 is 0 Å². The molecule has 1 saturated heterocycles. The van der Waals surface area contributed by atoms with Crippen LogP contribution in [0, 0.1) is 0 Å². The number of benzene rings is 1. The van der Waals surface area contributed by atoms with E-state index in [9.17, 15) is 14.4 Å². The zero-order chi connectivity index (χ0) is 14.7.